The Labute approximate surface area is 114 Å². The standard InChI is InChI=1S/C14H24N4O/c1-10(2)18-8-4-6-12(18)14-16-13(17-19-14)11-5-3-7-15-9-11/h10-12,15H,3-9H2,1-2H3. The Hall–Kier alpha value is -0.940. The second kappa shape index (κ2) is 5.59. The number of nitrogens with one attached hydrogen (secondary N) is 1. The Bertz CT molecular complexity index is 411. The summed E-state index contributed by atoms with van der Waals surface area (Å²) in [5, 5.41) is 7.63. The van der Waals surface area contributed by atoms with Crippen LogP contribution in [0.25, 0.3) is 0 Å². The molecule has 2 atom stereocenters. The highest BCUT2D eigenvalue weighted by atomic mass is 16.5. The molecule has 5 nitrogen and oxygen atoms in total. The van der Waals surface area contributed by atoms with Gasteiger partial charge in [0.25, 0.3) is 0 Å². The Morgan fingerprint density at radius 3 is 2.95 bits per heavy atom. The molecule has 0 bridgehead atoms. The van der Waals surface area contributed by atoms with Crippen molar-refractivity contribution >= 4 is 0 Å². The van der Waals surface area contributed by atoms with Gasteiger partial charge in [-0.25, -0.2) is 0 Å². The zero-order chi connectivity index (χ0) is 13.2. The molecule has 5 heteroatoms. The van der Waals surface area contributed by atoms with E-state index in [0.717, 1.165) is 37.8 Å². The first-order valence-electron chi connectivity index (χ1n) is 7.55. The van der Waals surface area contributed by atoms with Crippen molar-refractivity contribution in [2.75, 3.05) is 19.6 Å². The molecule has 106 valence electrons. The molecule has 3 heterocycles. The first kappa shape index (κ1) is 13.1. The number of hydrogen-bond donors (Lipinski definition) is 1. The molecular formula is C14H24N4O. The molecule has 0 aliphatic carbocycles. The van der Waals surface area contributed by atoms with E-state index in [-0.39, 0.29) is 0 Å². The molecular weight excluding hydrogens is 240 g/mol. The molecule has 0 saturated carbocycles. The zero-order valence-electron chi connectivity index (χ0n) is 11.9. The SMILES string of the molecule is CC(C)N1CCCC1c1nc(C2CCCNC2)no1. The van der Waals surface area contributed by atoms with E-state index < -0.39 is 0 Å². The fourth-order valence-electron chi connectivity index (χ4n) is 3.29. The number of hydrogen-bond acceptors (Lipinski definition) is 5. The lowest BCUT2D eigenvalue weighted by Gasteiger charge is -2.25. The average molecular weight is 264 g/mol. The number of piperidine rings is 1. The Balaban J connectivity index is 1.73. The summed E-state index contributed by atoms with van der Waals surface area (Å²) >= 11 is 0. The lowest BCUT2D eigenvalue weighted by atomic mass is 9.99. The minimum absolute atomic E-state index is 0.331. The average Bonchev–Trinajstić information content (AvgIpc) is 3.08. The van der Waals surface area contributed by atoms with Crippen LogP contribution in [-0.4, -0.2) is 40.7 Å². The third-order valence-corrected chi connectivity index (χ3v) is 4.36. The fraction of sp³-hybridized carbons (Fsp3) is 0.857. The summed E-state index contributed by atoms with van der Waals surface area (Å²) in [4.78, 5) is 7.16. The number of likely N-dealkylation sites (tertiary alicyclic amines) is 1. The quantitative estimate of drug-likeness (QED) is 0.906. The summed E-state index contributed by atoms with van der Waals surface area (Å²) in [6.45, 7) is 7.72. The molecule has 3 rings (SSSR count). The van der Waals surface area contributed by atoms with E-state index in [0.29, 0.717) is 18.0 Å². The third kappa shape index (κ3) is 2.67. The van der Waals surface area contributed by atoms with Crippen molar-refractivity contribution in [3.05, 3.63) is 11.7 Å². The van der Waals surface area contributed by atoms with Crippen LogP contribution in [0.5, 0.6) is 0 Å². The van der Waals surface area contributed by atoms with Gasteiger partial charge in [-0.2, -0.15) is 4.98 Å². The van der Waals surface area contributed by atoms with Crippen molar-refractivity contribution < 1.29 is 4.52 Å². The molecule has 0 amide bonds. The van der Waals surface area contributed by atoms with Crippen LogP contribution in [0, 0.1) is 0 Å². The highest BCUT2D eigenvalue weighted by Gasteiger charge is 2.33. The van der Waals surface area contributed by atoms with Crippen molar-refractivity contribution in [1.29, 1.82) is 0 Å². The number of aromatic nitrogens is 2. The van der Waals surface area contributed by atoms with Gasteiger partial charge in [0.2, 0.25) is 5.89 Å². The maximum atomic E-state index is 5.55. The van der Waals surface area contributed by atoms with Crippen molar-refractivity contribution in [2.45, 2.75) is 57.5 Å². The van der Waals surface area contributed by atoms with Gasteiger partial charge in [0.05, 0.1) is 6.04 Å². The minimum Gasteiger partial charge on any atom is -0.338 e. The van der Waals surface area contributed by atoms with Crippen LogP contribution in [0.1, 0.15) is 63.2 Å². The van der Waals surface area contributed by atoms with Gasteiger partial charge in [0, 0.05) is 18.5 Å². The van der Waals surface area contributed by atoms with E-state index >= 15 is 0 Å². The molecule has 1 aromatic rings. The van der Waals surface area contributed by atoms with E-state index in [9.17, 15) is 0 Å². The maximum absolute atomic E-state index is 5.55. The Morgan fingerprint density at radius 2 is 2.21 bits per heavy atom. The van der Waals surface area contributed by atoms with Crippen molar-refractivity contribution in [3.63, 3.8) is 0 Å². The van der Waals surface area contributed by atoms with Crippen LogP contribution in [0.15, 0.2) is 4.52 Å². The zero-order valence-corrected chi connectivity index (χ0v) is 11.9. The van der Waals surface area contributed by atoms with Gasteiger partial charge in [0.1, 0.15) is 0 Å². The minimum atomic E-state index is 0.331. The normalized spacial score (nSPS) is 29.2. The molecule has 2 fully saturated rings. The lowest BCUT2D eigenvalue weighted by molar-refractivity contribution is 0.170. The first-order chi connectivity index (χ1) is 9.25. The van der Waals surface area contributed by atoms with E-state index in [4.69, 9.17) is 4.52 Å². The summed E-state index contributed by atoms with van der Waals surface area (Å²) in [5.41, 5.74) is 0. The molecule has 2 unspecified atom stereocenters. The first-order valence-corrected chi connectivity index (χ1v) is 7.55. The monoisotopic (exact) mass is 264 g/mol. The van der Waals surface area contributed by atoms with Gasteiger partial charge in [-0.15, -0.1) is 0 Å². The molecule has 0 radical (unpaired) electrons. The largest absolute Gasteiger partial charge is 0.338 e. The molecule has 2 aliphatic heterocycles. The molecule has 1 aromatic heterocycles. The fourth-order valence-corrected chi connectivity index (χ4v) is 3.29. The highest BCUT2D eigenvalue weighted by Crippen LogP contribution is 2.33. The van der Waals surface area contributed by atoms with Crippen LogP contribution in [0.4, 0.5) is 0 Å². The second-order valence-electron chi connectivity index (χ2n) is 6.02. The summed E-state index contributed by atoms with van der Waals surface area (Å²) < 4.78 is 5.55. The smallest absolute Gasteiger partial charge is 0.244 e. The Morgan fingerprint density at radius 1 is 1.32 bits per heavy atom. The van der Waals surface area contributed by atoms with Gasteiger partial charge in [-0.05, 0) is 52.6 Å². The highest BCUT2D eigenvalue weighted by molar-refractivity contribution is 5.02. The Kier molecular flexibility index (Phi) is 3.84. The molecule has 19 heavy (non-hydrogen) atoms. The van der Waals surface area contributed by atoms with E-state index in [2.05, 4.69) is 34.2 Å². The van der Waals surface area contributed by atoms with Crippen molar-refractivity contribution in [2.24, 2.45) is 0 Å². The predicted octanol–water partition coefficient (Wildman–Crippen LogP) is 2.08. The molecule has 0 aromatic carbocycles. The van der Waals surface area contributed by atoms with E-state index in [1.807, 2.05) is 0 Å². The van der Waals surface area contributed by atoms with Crippen LogP contribution >= 0.6 is 0 Å². The summed E-state index contributed by atoms with van der Waals surface area (Å²) in [7, 11) is 0. The molecule has 1 N–H and O–H groups in total. The van der Waals surface area contributed by atoms with Gasteiger partial charge in [0.15, 0.2) is 5.82 Å². The predicted molar refractivity (Wildman–Crippen MR) is 73.0 cm³/mol. The molecule has 2 saturated heterocycles. The van der Waals surface area contributed by atoms with E-state index in [1.165, 1.54) is 19.3 Å². The van der Waals surface area contributed by atoms with Gasteiger partial charge in [-0.3, -0.25) is 4.90 Å². The van der Waals surface area contributed by atoms with Gasteiger partial charge in [-0.1, -0.05) is 5.16 Å². The third-order valence-electron chi connectivity index (χ3n) is 4.36. The lowest BCUT2D eigenvalue weighted by Crippen LogP contribution is -2.30. The van der Waals surface area contributed by atoms with Crippen LogP contribution < -0.4 is 5.32 Å². The van der Waals surface area contributed by atoms with Gasteiger partial charge < -0.3 is 9.84 Å². The van der Waals surface area contributed by atoms with Crippen molar-refractivity contribution in [1.82, 2.24) is 20.4 Å². The summed E-state index contributed by atoms with van der Waals surface area (Å²) in [5.74, 6) is 2.16. The van der Waals surface area contributed by atoms with E-state index in [1.54, 1.807) is 0 Å². The molecule has 0 spiro atoms. The van der Waals surface area contributed by atoms with Crippen LogP contribution in [0.2, 0.25) is 0 Å². The number of nitrogens with zero attached hydrogens (tertiary/aromatic N) is 3. The molecule has 2 aliphatic rings. The van der Waals surface area contributed by atoms with Gasteiger partial charge >= 0.3 is 0 Å². The number of rotatable bonds is 3. The van der Waals surface area contributed by atoms with Crippen molar-refractivity contribution in [3.8, 4) is 0 Å². The second-order valence-corrected chi connectivity index (χ2v) is 6.02. The summed E-state index contributed by atoms with van der Waals surface area (Å²) in [6.07, 6.45) is 4.74. The van der Waals surface area contributed by atoms with Crippen LogP contribution in [0.3, 0.4) is 0 Å². The van der Waals surface area contributed by atoms with Crippen LogP contribution in [-0.2, 0) is 0 Å². The topological polar surface area (TPSA) is 54.2 Å². The maximum Gasteiger partial charge on any atom is 0.244 e. The summed E-state index contributed by atoms with van der Waals surface area (Å²) in [6, 6.07) is 0.872.